The minimum absolute atomic E-state index is 0.547. The molecule has 0 spiro atoms. The molecule has 0 aliphatic rings. The third-order valence-electron chi connectivity index (χ3n) is 12.3. The van der Waals surface area contributed by atoms with Crippen LogP contribution in [0.3, 0.4) is 0 Å². The Kier molecular flexibility index (Phi) is 7.54. The molecule has 0 saturated carbocycles. The van der Waals surface area contributed by atoms with Gasteiger partial charge in [0.15, 0.2) is 17.5 Å². The molecule has 0 amide bonds. The van der Waals surface area contributed by atoms with Crippen molar-refractivity contribution in [2.45, 2.75) is 0 Å². The third-order valence-corrected chi connectivity index (χ3v) is 12.3. The maximum absolute atomic E-state index is 6.62. The summed E-state index contributed by atoms with van der Waals surface area (Å²) in [4.78, 5) is 15.8. The van der Waals surface area contributed by atoms with E-state index in [1.165, 1.54) is 10.8 Å². The lowest BCUT2D eigenvalue weighted by Gasteiger charge is -2.15. The Hall–Kier alpha value is -8.41. The molecule has 0 bridgehead atoms. The molecule has 0 saturated heterocycles. The van der Waals surface area contributed by atoms with Crippen molar-refractivity contribution in [3.63, 3.8) is 0 Å². The molecular weight excluding hydrogens is 759 g/mol. The standard InChI is InChI=1S/C57H33N3O2/c1-3-14-36-30-38(26-24-34(36)12-1)40-32-49(53-47-19-8-10-23-51(47)61-52(53)33-40)43-28-29-46(42-17-6-5-16-41(42)43)56-58-55(39-27-25-35-13-2-4-15-37(35)31-39)59-57(60-56)48-21-11-20-45-44-18-7-9-22-50(44)62-54(45)48/h1-33H. The van der Waals surface area contributed by atoms with E-state index < -0.39 is 0 Å². The lowest BCUT2D eigenvalue weighted by molar-refractivity contribution is 0.669. The van der Waals surface area contributed by atoms with Gasteiger partial charge in [-0.05, 0) is 103 Å². The van der Waals surface area contributed by atoms with Crippen molar-refractivity contribution >= 4 is 76.2 Å². The van der Waals surface area contributed by atoms with Gasteiger partial charge in [0.2, 0.25) is 0 Å². The van der Waals surface area contributed by atoms with Crippen LogP contribution in [0.2, 0.25) is 0 Å². The fourth-order valence-corrected chi connectivity index (χ4v) is 9.33. The van der Waals surface area contributed by atoms with E-state index in [0.717, 1.165) is 104 Å². The van der Waals surface area contributed by atoms with Crippen LogP contribution in [0.1, 0.15) is 0 Å². The molecule has 0 radical (unpaired) electrons. The highest BCUT2D eigenvalue weighted by Gasteiger charge is 2.22. The lowest BCUT2D eigenvalue weighted by atomic mass is 9.89. The van der Waals surface area contributed by atoms with Crippen LogP contribution in [0.15, 0.2) is 209 Å². The Morgan fingerprint density at radius 2 is 0.823 bits per heavy atom. The van der Waals surface area contributed by atoms with Gasteiger partial charge in [-0.2, -0.15) is 0 Å². The second-order valence-electron chi connectivity index (χ2n) is 15.9. The number of fused-ring (bicyclic) bond motifs is 9. The van der Waals surface area contributed by atoms with Crippen molar-refractivity contribution in [2.75, 3.05) is 0 Å². The number of rotatable bonds is 5. The van der Waals surface area contributed by atoms with Crippen LogP contribution < -0.4 is 0 Å². The molecule has 62 heavy (non-hydrogen) atoms. The Morgan fingerprint density at radius 1 is 0.274 bits per heavy atom. The average Bonchev–Trinajstić information content (AvgIpc) is 3.92. The maximum Gasteiger partial charge on any atom is 0.167 e. The van der Waals surface area contributed by atoms with Crippen LogP contribution in [-0.4, -0.2) is 15.0 Å². The monoisotopic (exact) mass is 791 g/mol. The van der Waals surface area contributed by atoms with Crippen LogP contribution in [0.5, 0.6) is 0 Å². The number of hydrogen-bond donors (Lipinski definition) is 0. The quantitative estimate of drug-likeness (QED) is 0.174. The van der Waals surface area contributed by atoms with Gasteiger partial charge in [0.1, 0.15) is 22.3 Å². The van der Waals surface area contributed by atoms with Crippen molar-refractivity contribution in [2.24, 2.45) is 0 Å². The van der Waals surface area contributed by atoms with E-state index in [0.29, 0.717) is 17.5 Å². The summed E-state index contributed by atoms with van der Waals surface area (Å²) in [6, 6.07) is 70.0. The molecule has 13 aromatic rings. The van der Waals surface area contributed by atoms with Gasteiger partial charge < -0.3 is 8.83 Å². The smallest absolute Gasteiger partial charge is 0.167 e. The first-order valence-corrected chi connectivity index (χ1v) is 20.8. The summed E-state index contributed by atoms with van der Waals surface area (Å²) in [5.41, 5.74) is 10.3. The van der Waals surface area contributed by atoms with Crippen LogP contribution >= 0.6 is 0 Å². The number of aromatic nitrogens is 3. The lowest BCUT2D eigenvalue weighted by Crippen LogP contribution is -2.01. The van der Waals surface area contributed by atoms with Crippen molar-refractivity contribution in [3.05, 3.63) is 200 Å². The molecule has 0 aliphatic carbocycles. The second-order valence-corrected chi connectivity index (χ2v) is 15.9. The summed E-state index contributed by atoms with van der Waals surface area (Å²) < 4.78 is 13.2. The van der Waals surface area contributed by atoms with E-state index in [2.05, 4.69) is 164 Å². The van der Waals surface area contributed by atoms with Crippen LogP contribution in [0, 0.1) is 0 Å². The molecule has 5 heteroatoms. The van der Waals surface area contributed by atoms with Crippen LogP contribution in [0.4, 0.5) is 0 Å². The highest BCUT2D eigenvalue weighted by molar-refractivity contribution is 6.18. The van der Waals surface area contributed by atoms with Gasteiger partial charge in [-0.25, -0.2) is 15.0 Å². The predicted octanol–water partition coefficient (Wildman–Crippen LogP) is 15.5. The summed E-state index contributed by atoms with van der Waals surface area (Å²) in [5, 5.41) is 11.0. The minimum Gasteiger partial charge on any atom is -0.456 e. The molecule has 0 aliphatic heterocycles. The number of benzene rings is 10. The van der Waals surface area contributed by atoms with Crippen molar-refractivity contribution in [3.8, 4) is 56.4 Å². The summed E-state index contributed by atoms with van der Waals surface area (Å²) >= 11 is 0. The molecule has 13 rings (SSSR count). The number of nitrogens with zero attached hydrogens (tertiary/aromatic N) is 3. The SMILES string of the molecule is c1ccc2cc(-c3cc(-c4ccc(-c5nc(-c6ccc7ccccc7c6)nc(-c6cccc7c6oc6ccccc67)n5)c5ccccc45)c4c(c3)oc3ccccc34)ccc2c1. The molecule has 3 heterocycles. The zero-order valence-corrected chi connectivity index (χ0v) is 33.2. The molecule has 5 nitrogen and oxygen atoms in total. The Labute approximate surface area is 355 Å². The summed E-state index contributed by atoms with van der Waals surface area (Å²) in [6.45, 7) is 0. The van der Waals surface area contributed by atoms with E-state index in [-0.39, 0.29) is 0 Å². The molecule has 0 N–H and O–H groups in total. The summed E-state index contributed by atoms with van der Waals surface area (Å²) in [5.74, 6) is 1.72. The number of hydrogen-bond acceptors (Lipinski definition) is 5. The van der Waals surface area contributed by atoms with Crippen molar-refractivity contribution in [1.29, 1.82) is 0 Å². The second kappa shape index (κ2) is 13.6. The first-order valence-electron chi connectivity index (χ1n) is 20.8. The number of para-hydroxylation sites is 3. The molecular formula is C57H33N3O2. The maximum atomic E-state index is 6.62. The third kappa shape index (κ3) is 5.45. The first kappa shape index (κ1) is 34.5. The average molecular weight is 792 g/mol. The van der Waals surface area contributed by atoms with Gasteiger partial charge in [-0.3, -0.25) is 0 Å². The highest BCUT2D eigenvalue weighted by Crippen LogP contribution is 2.44. The minimum atomic E-state index is 0.547. The molecule has 10 aromatic carbocycles. The van der Waals surface area contributed by atoms with Crippen molar-refractivity contribution in [1.82, 2.24) is 15.0 Å². The summed E-state index contributed by atoms with van der Waals surface area (Å²) in [7, 11) is 0. The van der Waals surface area contributed by atoms with Gasteiger partial charge in [-0.15, -0.1) is 0 Å². The Bertz CT molecular complexity index is 3950. The predicted molar refractivity (Wildman–Crippen MR) is 254 cm³/mol. The van der Waals surface area contributed by atoms with E-state index in [1.807, 2.05) is 36.4 Å². The van der Waals surface area contributed by atoms with Gasteiger partial charge in [0.25, 0.3) is 0 Å². The normalized spacial score (nSPS) is 11.9. The fraction of sp³-hybridized carbons (Fsp3) is 0. The zero-order valence-electron chi connectivity index (χ0n) is 33.2. The van der Waals surface area contributed by atoms with Gasteiger partial charge in [-0.1, -0.05) is 152 Å². The van der Waals surface area contributed by atoms with Gasteiger partial charge in [0.05, 0.1) is 5.56 Å². The molecule has 0 fully saturated rings. The van der Waals surface area contributed by atoms with Crippen LogP contribution in [0.25, 0.3) is 133 Å². The van der Waals surface area contributed by atoms with Crippen LogP contribution in [-0.2, 0) is 0 Å². The first-order chi connectivity index (χ1) is 30.7. The fourth-order valence-electron chi connectivity index (χ4n) is 9.33. The molecule has 288 valence electrons. The van der Waals surface area contributed by atoms with Crippen molar-refractivity contribution < 1.29 is 8.83 Å². The van der Waals surface area contributed by atoms with Gasteiger partial charge >= 0.3 is 0 Å². The zero-order chi connectivity index (χ0) is 40.7. The van der Waals surface area contributed by atoms with E-state index in [9.17, 15) is 0 Å². The molecule has 3 aromatic heterocycles. The van der Waals surface area contributed by atoms with E-state index >= 15 is 0 Å². The summed E-state index contributed by atoms with van der Waals surface area (Å²) in [6.07, 6.45) is 0. The van der Waals surface area contributed by atoms with Gasteiger partial charge in [0, 0.05) is 32.7 Å². The van der Waals surface area contributed by atoms with E-state index in [1.54, 1.807) is 0 Å². The Balaban J connectivity index is 1.05. The largest absolute Gasteiger partial charge is 0.456 e. The number of furan rings is 2. The molecule has 0 unspecified atom stereocenters. The molecule has 0 atom stereocenters. The van der Waals surface area contributed by atoms with E-state index in [4.69, 9.17) is 23.8 Å². The highest BCUT2D eigenvalue weighted by atomic mass is 16.3. The Morgan fingerprint density at radius 3 is 1.58 bits per heavy atom. The topological polar surface area (TPSA) is 65.0 Å².